The van der Waals surface area contributed by atoms with Crippen molar-refractivity contribution in [1.82, 2.24) is 25.1 Å². The maximum Gasteiger partial charge on any atom is 0.288 e. The first-order chi connectivity index (χ1) is 10.1. The van der Waals surface area contributed by atoms with Gasteiger partial charge in [-0.1, -0.05) is 29.8 Å². The minimum atomic E-state index is -0.390. The fourth-order valence-electron chi connectivity index (χ4n) is 1.74. The molecule has 0 aliphatic carbocycles. The van der Waals surface area contributed by atoms with Crippen molar-refractivity contribution in [3.05, 3.63) is 52.1 Å². The SMILES string of the molecule is O=C(Nn1cn[nH]c1=S)c1cc(-c2ccccc2Cl)n[nH]1. The molecule has 0 radical (unpaired) electrons. The summed E-state index contributed by atoms with van der Waals surface area (Å²) in [6.45, 7) is 0. The van der Waals surface area contributed by atoms with Gasteiger partial charge in [-0.3, -0.25) is 20.4 Å². The summed E-state index contributed by atoms with van der Waals surface area (Å²) in [6, 6.07) is 8.87. The van der Waals surface area contributed by atoms with Crippen molar-refractivity contribution in [2.75, 3.05) is 5.43 Å². The topological polar surface area (TPSA) is 91.4 Å². The third-order valence-electron chi connectivity index (χ3n) is 2.75. The molecule has 0 bridgehead atoms. The Morgan fingerprint density at radius 1 is 1.33 bits per heavy atom. The number of halogens is 1. The van der Waals surface area contributed by atoms with Crippen LogP contribution >= 0.6 is 23.8 Å². The number of carbonyl (C=O) groups is 1. The predicted molar refractivity (Wildman–Crippen MR) is 80.1 cm³/mol. The minimum absolute atomic E-state index is 0.285. The summed E-state index contributed by atoms with van der Waals surface area (Å²) in [5.74, 6) is -0.390. The number of aromatic amines is 2. The lowest BCUT2D eigenvalue weighted by Crippen LogP contribution is -2.22. The van der Waals surface area contributed by atoms with Crippen LogP contribution in [-0.2, 0) is 0 Å². The van der Waals surface area contributed by atoms with E-state index >= 15 is 0 Å². The fourth-order valence-corrected chi connectivity index (χ4v) is 2.12. The Morgan fingerprint density at radius 3 is 2.86 bits per heavy atom. The summed E-state index contributed by atoms with van der Waals surface area (Å²) in [5, 5.41) is 13.6. The Morgan fingerprint density at radius 2 is 2.14 bits per heavy atom. The van der Waals surface area contributed by atoms with Gasteiger partial charge in [-0.05, 0) is 24.4 Å². The number of nitrogens with one attached hydrogen (secondary N) is 3. The van der Waals surface area contributed by atoms with E-state index in [2.05, 4.69) is 25.8 Å². The molecule has 7 nitrogen and oxygen atoms in total. The van der Waals surface area contributed by atoms with Crippen molar-refractivity contribution in [3.63, 3.8) is 0 Å². The van der Waals surface area contributed by atoms with Crippen LogP contribution in [0.25, 0.3) is 11.3 Å². The second-order valence-electron chi connectivity index (χ2n) is 4.12. The van der Waals surface area contributed by atoms with E-state index in [1.807, 2.05) is 18.2 Å². The molecule has 0 aliphatic rings. The average molecular weight is 321 g/mol. The number of amides is 1. The molecule has 0 atom stereocenters. The van der Waals surface area contributed by atoms with Crippen LogP contribution in [0.2, 0.25) is 5.02 Å². The van der Waals surface area contributed by atoms with Crippen molar-refractivity contribution in [2.24, 2.45) is 0 Å². The van der Waals surface area contributed by atoms with Crippen molar-refractivity contribution < 1.29 is 4.79 Å². The molecular weight excluding hydrogens is 312 g/mol. The van der Waals surface area contributed by atoms with E-state index < -0.39 is 5.91 Å². The molecule has 0 aliphatic heterocycles. The molecule has 3 N–H and O–H groups in total. The van der Waals surface area contributed by atoms with Gasteiger partial charge in [0, 0.05) is 5.56 Å². The van der Waals surface area contributed by atoms with Gasteiger partial charge in [-0.15, -0.1) is 0 Å². The quantitative estimate of drug-likeness (QED) is 0.646. The van der Waals surface area contributed by atoms with E-state index in [9.17, 15) is 4.79 Å². The van der Waals surface area contributed by atoms with E-state index in [4.69, 9.17) is 23.8 Å². The van der Waals surface area contributed by atoms with Crippen LogP contribution < -0.4 is 5.43 Å². The Kier molecular flexibility index (Phi) is 3.55. The van der Waals surface area contributed by atoms with Crippen molar-refractivity contribution in [1.29, 1.82) is 0 Å². The number of hydrogen-bond donors (Lipinski definition) is 3. The summed E-state index contributed by atoms with van der Waals surface area (Å²) in [5.41, 5.74) is 4.18. The molecule has 0 saturated heterocycles. The molecule has 1 aromatic carbocycles. The van der Waals surface area contributed by atoms with Crippen LogP contribution in [0.15, 0.2) is 36.7 Å². The van der Waals surface area contributed by atoms with Gasteiger partial charge in [0.05, 0.1) is 10.7 Å². The number of hydrogen-bond acceptors (Lipinski definition) is 4. The lowest BCUT2D eigenvalue weighted by molar-refractivity contribution is 0.100. The molecule has 21 heavy (non-hydrogen) atoms. The molecule has 106 valence electrons. The number of benzene rings is 1. The molecule has 3 rings (SSSR count). The van der Waals surface area contributed by atoms with Crippen LogP contribution in [-0.4, -0.2) is 31.0 Å². The maximum atomic E-state index is 12.1. The van der Waals surface area contributed by atoms with Gasteiger partial charge >= 0.3 is 0 Å². The molecule has 2 aromatic heterocycles. The number of nitrogens with zero attached hydrogens (tertiary/aromatic N) is 3. The average Bonchev–Trinajstić information content (AvgIpc) is 3.09. The highest BCUT2D eigenvalue weighted by Gasteiger charge is 2.13. The highest BCUT2D eigenvalue weighted by atomic mass is 35.5. The van der Waals surface area contributed by atoms with Crippen molar-refractivity contribution in [3.8, 4) is 11.3 Å². The van der Waals surface area contributed by atoms with E-state index in [-0.39, 0.29) is 10.5 Å². The fraction of sp³-hybridized carbons (Fsp3) is 0. The number of rotatable bonds is 3. The lowest BCUT2D eigenvalue weighted by Gasteiger charge is -2.01. The first kappa shape index (κ1) is 13.5. The first-order valence-electron chi connectivity index (χ1n) is 5.89. The molecule has 0 saturated carbocycles. The molecular formula is C12H9ClN6OS. The Balaban J connectivity index is 1.85. The zero-order valence-corrected chi connectivity index (χ0v) is 12.1. The largest absolute Gasteiger partial charge is 0.288 e. The number of carbonyl (C=O) groups excluding carboxylic acids is 1. The van der Waals surface area contributed by atoms with Gasteiger partial charge in [-0.2, -0.15) is 10.2 Å². The number of H-pyrrole nitrogens is 2. The lowest BCUT2D eigenvalue weighted by atomic mass is 10.1. The molecule has 0 spiro atoms. The molecule has 0 fully saturated rings. The summed E-state index contributed by atoms with van der Waals surface area (Å²) < 4.78 is 1.59. The highest BCUT2D eigenvalue weighted by Crippen LogP contribution is 2.26. The molecule has 0 unspecified atom stereocenters. The number of aromatic nitrogens is 5. The monoisotopic (exact) mass is 320 g/mol. The van der Waals surface area contributed by atoms with Gasteiger partial charge in [0.25, 0.3) is 5.91 Å². The highest BCUT2D eigenvalue weighted by molar-refractivity contribution is 7.71. The Bertz CT molecular complexity index is 851. The van der Waals surface area contributed by atoms with Gasteiger partial charge in [0.2, 0.25) is 4.77 Å². The zero-order valence-electron chi connectivity index (χ0n) is 10.5. The van der Waals surface area contributed by atoms with Crippen LogP contribution in [0.4, 0.5) is 0 Å². The Hall–Kier alpha value is -2.45. The summed E-state index contributed by atoms with van der Waals surface area (Å²) in [4.78, 5) is 12.1. The van der Waals surface area contributed by atoms with Gasteiger partial charge in [0.1, 0.15) is 12.0 Å². The smallest absolute Gasteiger partial charge is 0.272 e. The third-order valence-corrected chi connectivity index (χ3v) is 3.36. The van der Waals surface area contributed by atoms with Gasteiger partial charge in [-0.25, -0.2) is 4.68 Å². The zero-order chi connectivity index (χ0) is 14.8. The first-order valence-corrected chi connectivity index (χ1v) is 6.67. The molecule has 9 heteroatoms. The van der Waals surface area contributed by atoms with E-state index in [0.717, 1.165) is 5.56 Å². The van der Waals surface area contributed by atoms with E-state index in [1.54, 1.807) is 12.1 Å². The second-order valence-corrected chi connectivity index (χ2v) is 4.91. The minimum Gasteiger partial charge on any atom is -0.272 e. The van der Waals surface area contributed by atoms with E-state index in [1.165, 1.54) is 11.0 Å². The third kappa shape index (κ3) is 2.71. The molecule has 2 heterocycles. The van der Waals surface area contributed by atoms with Crippen molar-refractivity contribution >= 4 is 29.7 Å². The van der Waals surface area contributed by atoms with E-state index in [0.29, 0.717) is 10.7 Å². The normalized spacial score (nSPS) is 10.5. The van der Waals surface area contributed by atoms with Gasteiger partial charge < -0.3 is 0 Å². The molecule has 1 amide bonds. The van der Waals surface area contributed by atoms with Crippen LogP contribution in [0.1, 0.15) is 10.5 Å². The van der Waals surface area contributed by atoms with Crippen LogP contribution in [0, 0.1) is 4.77 Å². The second kappa shape index (κ2) is 5.51. The van der Waals surface area contributed by atoms with Crippen LogP contribution in [0.5, 0.6) is 0 Å². The molecule has 3 aromatic rings. The van der Waals surface area contributed by atoms with Gasteiger partial charge in [0.15, 0.2) is 0 Å². The van der Waals surface area contributed by atoms with Crippen LogP contribution in [0.3, 0.4) is 0 Å². The summed E-state index contributed by atoms with van der Waals surface area (Å²) in [6.07, 6.45) is 1.37. The Labute approximate surface area is 128 Å². The van der Waals surface area contributed by atoms with Crippen molar-refractivity contribution in [2.45, 2.75) is 0 Å². The predicted octanol–water partition coefficient (Wildman–Crippen LogP) is 2.37. The standard InChI is InChI=1S/C12H9ClN6OS/c13-8-4-2-1-3-7(8)9-5-10(16-15-9)11(20)18-19-6-14-17-12(19)21/h1-6H,(H,15,16)(H,17,21)(H,18,20). The summed E-state index contributed by atoms with van der Waals surface area (Å²) >= 11 is 11.0. The maximum absolute atomic E-state index is 12.1. The summed E-state index contributed by atoms with van der Waals surface area (Å²) in [7, 11) is 0.